The molecule has 1 unspecified atom stereocenters. The number of sulfonamides is 1. The zero-order valence-corrected chi connectivity index (χ0v) is 13.0. The Morgan fingerprint density at radius 1 is 1.50 bits per heavy atom. The van der Waals surface area contributed by atoms with E-state index in [-0.39, 0.29) is 24.5 Å². The number of nitrogens with zero attached hydrogens (tertiary/aromatic N) is 3. The minimum absolute atomic E-state index is 0.0329. The van der Waals surface area contributed by atoms with Crippen molar-refractivity contribution in [1.82, 2.24) is 19.5 Å². The van der Waals surface area contributed by atoms with Crippen LogP contribution in [0.3, 0.4) is 0 Å². The Kier molecular flexibility index (Phi) is 4.77. The lowest BCUT2D eigenvalue weighted by Gasteiger charge is -2.23. The first-order chi connectivity index (χ1) is 9.37. The van der Waals surface area contributed by atoms with Crippen LogP contribution in [0.5, 0.6) is 0 Å². The molecule has 8 heteroatoms. The van der Waals surface area contributed by atoms with Gasteiger partial charge in [0.1, 0.15) is 11.6 Å². The summed E-state index contributed by atoms with van der Waals surface area (Å²) < 4.78 is 33.9. The van der Waals surface area contributed by atoms with Crippen LogP contribution < -0.4 is 4.72 Å². The van der Waals surface area contributed by atoms with E-state index in [4.69, 9.17) is 4.74 Å². The SMILES string of the molecule is Cc1nc2n(n1)CCCC2NS(=O)(=O)CCOC(C)C. The first kappa shape index (κ1) is 15.4. The lowest BCUT2D eigenvalue weighted by Crippen LogP contribution is -2.35. The predicted molar refractivity (Wildman–Crippen MR) is 74.7 cm³/mol. The molecule has 0 amide bonds. The second-order valence-electron chi connectivity index (χ2n) is 5.29. The van der Waals surface area contributed by atoms with E-state index >= 15 is 0 Å². The molecule has 20 heavy (non-hydrogen) atoms. The Balaban J connectivity index is 1.99. The van der Waals surface area contributed by atoms with Gasteiger partial charge in [0, 0.05) is 6.54 Å². The van der Waals surface area contributed by atoms with E-state index in [2.05, 4.69) is 14.8 Å². The van der Waals surface area contributed by atoms with E-state index < -0.39 is 10.0 Å². The highest BCUT2D eigenvalue weighted by molar-refractivity contribution is 7.89. The molecule has 114 valence electrons. The molecular weight excluding hydrogens is 280 g/mol. The minimum atomic E-state index is -3.37. The van der Waals surface area contributed by atoms with Crippen LogP contribution in [0.1, 0.15) is 44.4 Å². The molecule has 0 spiro atoms. The normalized spacial score (nSPS) is 19.3. The molecule has 2 heterocycles. The fourth-order valence-corrected chi connectivity index (χ4v) is 3.34. The minimum Gasteiger partial charge on any atom is -0.378 e. The van der Waals surface area contributed by atoms with Crippen LogP contribution in [0.4, 0.5) is 0 Å². The number of fused-ring (bicyclic) bond motifs is 1. The number of rotatable bonds is 6. The third-order valence-electron chi connectivity index (χ3n) is 3.11. The maximum atomic E-state index is 12.0. The topological polar surface area (TPSA) is 86.1 Å². The summed E-state index contributed by atoms with van der Waals surface area (Å²) in [5.74, 6) is 1.35. The molecule has 1 aromatic rings. The number of ether oxygens (including phenoxy) is 1. The summed E-state index contributed by atoms with van der Waals surface area (Å²) in [4.78, 5) is 4.32. The molecule has 0 fully saturated rings. The standard InChI is InChI=1S/C12H22N4O3S/c1-9(2)19-7-8-20(17,18)15-11-5-4-6-16-12(11)13-10(3)14-16/h9,11,15H,4-8H2,1-3H3. The number of hydrogen-bond donors (Lipinski definition) is 1. The molecule has 7 nitrogen and oxygen atoms in total. The number of aryl methyl sites for hydroxylation is 2. The van der Waals surface area contributed by atoms with Crippen molar-refractivity contribution < 1.29 is 13.2 Å². The lowest BCUT2D eigenvalue weighted by atomic mass is 10.1. The smallest absolute Gasteiger partial charge is 0.214 e. The van der Waals surface area contributed by atoms with Crippen molar-refractivity contribution in [3.8, 4) is 0 Å². The highest BCUT2D eigenvalue weighted by atomic mass is 32.2. The van der Waals surface area contributed by atoms with Gasteiger partial charge in [0.05, 0.1) is 24.5 Å². The van der Waals surface area contributed by atoms with Crippen molar-refractivity contribution in [2.75, 3.05) is 12.4 Å². The van der Waals surface area contributed by atoms with Crippen LogP contribution in [0, 0.1) is 6.92 Å². The van der Waals surface area contributed by atoms with Gasteiger partial charge in [-0.2, -0.15) is 5.10 Å². The van der Waals surface area contributed by atoms with Crippen LogP contribution >= 0.6 is 0 Å². The summed E-state index contributed by atoms with van der Waals surface area (Å²) in [6, 6.07) is -0.283. The van der Waals surface area contributed by atoms with Crippen molar-refractivity contribution in [1.29, 1.82) is 0 Å². The molecule has 1 aliphatic rings. The highest BCUT2D eigenvalue weighted by Crippen LogP contribution is 2.23. The quantitative estimate of drug-likeness (QED) is 0.838. The number of hydrogen-bond acceptors (Lipinski definition) is 5. The zero-order chi connectivity index (χ0) is 14.8. The molecule has 0 bridgehead atoms. The number of aromatic nitrogens is 3. The van der Waals surface area contributed by atoms with E-state index in [1.165, 1.54) is 0 Å². The molecule has 1 N–H and O–H groups in total. The van der Waals surface area contributed by atoms with Crippen molar-refractivity contribution >= 4 is 10.0 Å². The third kappa shape index (κ3) is 4.00. The monoisotopic (exact) mass is 302 g/mol. The van der Waals surface area contributed by atoms with Crippen LogP contribution in [0.25, 0.3) is 0 Å². The second kappa shape index (κ2) is 6.19. The highest BCUT2D eigenvalue weighted by Gasteiger charge is 2.27. The largest absolute Gasteiger partial charge is 0.378 e. The molecule has 1 aromatic heterocycles. The summed E-state index contributed by atoms with van der Waals surface area (Å²) in [6.45, 7) is 6.57. The van der Waals surface area contributed by atoms with Gasteiger partial charge in [-0.3, -0.25) is 0 Å². The maximum Gasteiger partial charge on any atom is 0.214 e. The van der Waals surface area contributed by atoms with Gasteiger partial charge in [0.25, 0.3) is 0 Å². The molecule has 0 saturated heterocycles. The first-order valence-corrected chi connectivity index (χ1v) is 8.55. The van der Waals surface area contributed by atoms with E-state index in [1.54, 1.807) is 4.68 Å². The Labute approximate surface area is 119 Å². The average Bonchev–Trinajstić information content (AvgIpc) is 2.69. The first-order valence-electron chi connectivity index (χ1n) is 6.90. The van der Waals surface area contributed by atoms with Gasteiger partial charge in [-0.05, 0) is 33.6 Å². The summed E-state index contributed by atoms with van der Waals surface area (Å²) in [5.41, 5.74) is 0. The fraction of sp³-hybridized carbons (Fsp3) is 0.833. The molecular formula is C12H22N4O3S. The van der Waals surface area contributed by atoms with Crippen LogP contribution in [0.2, 0.25) is 0 Å². The van der Waals surface area contributed by atoms with Crippen LogP contribution in [-0.2, 0) is 21.3 Å². The summed E-state index contributed by atoms with van der Waals surface area (Å²) in [5, 5.41) is 4.26. The van der Waals surface area contributed by atoms with E-state index in [1.807, 2.05) is 20.8 Å². The van der Waals surface area contributed by atoms with Gasteiger partial charge >= 0.3 is 0 Å². The molecule has 0 aliphatic carbocycles. The van der Waals surface area contributed by atoms with Crippen LogP contribution in [0.15, 0.2) is 0 Å². The van der Waals surface area contributed by atoms with Gasteiger partial charge in [-0.1, -0.05) is 0 Å². The van der Waals surface area contributed by atoms with Gasteiger partial charge in [0.15, 0.2) is 0 Å². The third-order valence-corrected chi connectivity index (χ3v) is 4.45. The summed E-state index contributed by atoms with van der Waals surface area (Å²) in [7, 11) is -3.37. The average molecular weight is 302 g/mol. The second-order valence-corrected chi connectivity index (χ2v) is 7.16. The van der Waals surface area contributed by atoms with Gasteiger partial charge in [-0.15, -0.1) is 0 Å². The van der Waals surface area contributed by atoms with Crippen molar-refractivity contribution in [2.45, 2.75) is 52.3 Å². The fourth-order valence-electron chi connectivity index (χ4n) is 2.25. The number of nitrogens with one attached hydrogen (secondary N) is 1. The lowest BCUT2D eigenvalue weighted by molar-refractivity contribution is 0.0911. The summed E-state index contributed by atoms with van der Waals surface area (Å²) in [6.07, 6.45) is 1.68. The molecule has 0 aromatic carbocycles. The van der Waals surface area contributed by atoms with Crippen molar-refractivity contribution in [3.63, 3.8) is 0 Å². The molecule has 0 radical (unpaired) electrons. The Morgan fingerprint density at radius 2 is 2.25 bits per heavy atom. The maximum absolute atomic E-state index is 12.0. The Morgan fingerprint density at radius 3 is 2.95 bits per heavy atom. The van der Waals surface area contributed by atoms with Gasteiger partial charge in [-0.25, -0.2) is 22.8 Å². The van der Waals surface area contributed by atoms with Crippen molar-refractivity contribution in [2.24, 2.45) is 0 Å². The van der Waals surface area contributed by atoms with E-state index in [0.717, 1.165) is 19.4 Å². The summed E-state index contributed by atoms with van der Waals surface area (Å²) >= 11 is 0. The Bertz CT molecular complexity index is 553. The molecule has 1 atom stereocenters. The Hall–Kier alpha value is -0.990. The van der Waals surface area contributed by atoms with Gasteiger partial charge in [0.2, 0.25) is 10.0 Å². The zero-order valence-electron chi connectivity index (χ0n) is 12.2. The van der Waals surface area contributed by atoms with Gasteiger partial charge < -0.3 is 4.74 Å². The van der Waals surface area contributed by atoms with E-state index in [9.17, 15) is 8.42 Å². The molecule has 0 saturated carbocycles. The van der Waals surface area contributed by atoms with Crippen LogP contribution in [-0.4, -0.2) is 41.6 Å². The van der Waals surface area contributed by atoms with Crippen molar-refractivity contribution in [3.05, 3.63) is 11.6 Å². The predicted octanol–water partition coefficient (Wildman–Crippen LogP) is 0.766. The molecule has 2 rings (SSSR count). The molecule has 1 aliphatic heterocycles. The van der Waals surface area contributed by atoms with E-state index in [0.29, 0.717) is 11.6 Å².